The second-order valence-electron chi connectivity index (χ2n) is 8.29. The van der Waals surface area contributed by atoms with Gasteiger partial charge in [0.25, 0.3) is 7.44 Å². The third-order valence-electron chi connectivity index (χ3n) is 4.47. The summed E-state index contributed by atoms with van der Waals surface area (Å²) in [5, 5.41) is 0. The van der Waals surface area contributed by atoms with Gasteiger partial charge in [0.05, 0.1) is 53.1 Å². The number of rotatable bonds is 7. The smallest absolute Gasteiger partial charge is 0.251 e. The number of hydrogen-bond acceptors (Lipinski definition) is 5. The molecule has 0 aromatic carbocycles. The van der Waals surface area contributed by atoms with Crippen molar-refractivity contribution < 1.29 is 28.1 Å². The van der Waals surface area contributed by atoms with E-state index in [0.717, 1.165) is 11.2 Å². The zero-order chi connectivity index (χ0) is 19.0. The van der Waals surface area contributed by atoms with E-state index in [1.165, 1.54) is 0 Å². The standard InChI is InChI=1S/C16H31N3O5P/c1-16(2)23-11-13(24-16)12-25(22,17(3)9-10-19(4,5)6)18-14(20)7-8-15(18)21/h13H,7-12H2,1-6H3/q+1. The predicted molar refractivity (Wildman–Crippen MR) is 94.0 cm³/mol. The number of amides is 2. The molecule has 0 saturated carbocycles. The van der Waals surface area contributed by atoms with Crippen LogP contribution < -0.4 is 0 Å². The number of ether oxygens (including phenoxy) is 2. The van der Waals surface area contributed by atoms with Crippen molar-refractivity contribution in [2.75, 3.05) is 54.0 Å². The Morgan fingerprint density at radius 3 is 2.24 bits per heavy atom. The summed E-state index contributed by atoms with van der Waals surface area (Å²) in [5.41, 5.74) is 0. The van der Waals surface area contributed by atoms with Crippen LogP contribution in [0.3, 0.4) is 0 Å². The summed E-state index contributed by atoms with van der Waals surface area (Å²) in [6.07, 6.45) is -0.0609. The summed E-state index contributed by atoms with van der Waals surface area (Å²) in [4.78, 5) is 24.5. The maximum Gasteiger partial charge on any atom is 0.251 e. The molecule has 2 unspecified atom stereocenters. The van der Waals surface area contributed by atoms with E-state index >= 15 is 0 Å². The second-order valence-corrected chi connectivity index (χ2v) is 11.1. The van der Waals surface area contributed by atoms with Crippen molar-refractivity contribution in [1.82, 2.24) is 9.34 Å². The maximum absolute atomic E-state index is 13.9. The molecule has 0 aliphatic carbocycles. The van der Waals surface area contributed by atoms with Crippen LogP contribution >= 0.6 is 7.44 Å². The summed E-state index contributed by atoms with van der Waals surface area (Å²) in [6, 6.07) is 0. The lowest BCUT2D eigenvalue weighted by Crippen LogP contribution is -2.44. The molecule has 2 amide bonds. The molecule has 8 nitrogen and oxygen atoms in total. The molecule has 2 aliphatic rings. The van der Waals surface area contributed by atoms with E-state index in [2.05, 4.69) is 0 Å². The van der Waals surface area contributed by atoms with E-state index in [4.69, 9.17) is 9.47 Å². The molecule has 2 atom stereocenters. The minimum absolute atomic E-state index is 0.0988. The Morgan fingerprint density at radius 2 is 1.80 bits per heavy atom. The first kappa shape index (κ1) is 20.5. The molecule has 144 valence electrons. The van der Waals surface area contributed by atoms with E-state index in [0.29, 0.717) is 17.6 Å². The minimum atomic E-state index is -3.41. The van der Waals surface area contributed by atoms with Gasteiger partial charge in [-0.3, -0.25) is 14.2 Å². The highest BCUT2D eigenvalue weighted by atomic mass is 31.2. The zero-order valence-corrected chi connectivity index (χ0v) is 17.0. The Kier molecular flexibility index (Phi) is 5.81. The highest BCUT2D eigenvalue weighted by Gasteiger charge is 2.49. The first-order valence-corrected chi connectivity index (χ1v) is 10.4. The van der Waals surface area contributed by atoms with Gasteiger partial charge < -0.3 is 14.0 Å². The molecule has 0 radical (unpaired) electrons. The van der Waals surface area contributed by atoms with Crippen LogP contribution in [-0.2, 0) is 23.6 Å². The SMILES string of the molecule is CN(CC[N+](C)(C)C)P(=O)(CC1COC(C)(C)O1)N1C(=O)CCC1=O. The normalized spacial score (nSPS) is 26.5. The van der Waals surface area contributed by atoms with Gasteiger partial charge in [0, 0.05) is 12.8 Å². The number of likely N-dealkylation sites (N-methyl/N-ethyl adjacent to an activating group) is 2. The number of imide groups is 1. The van der Waals surface area contributed by atoms with Crippen LogP contribution in [0.4, 0.5) is 0 Å². The molecule has 25 heavy (non-hydrogen) atoms. The van der Waals surface area contributed by atoms with E-state index < -0.39 is 19.3 Å². The number of hydrogen-bond donors (Lipinski definition) is 0. The first-order valence-electron chi connectivity index (χ1n) is 8.63. The molecule has 2 heterocycles. The number of carbonyl (C=O) groups excluding carboxylic acids is 2. The molecule has 0 aromatic rings. The Bertz CT molecular complexity index is 571. The molecule has 0 bridgehead atoms. The molecular formula is C16H31N3O5P+. The lowest BCUT2D eigenvalue weighted by Gasteiger charge is -2.36. The average molecular weight is 376 g/mol. The Balaban J connectivity index is 2.23. The van der Waals surface area contributed by atoms with Crippen LogP contribution in [0.25, 0.3) is 0 Å². The fourth-order valence-electron chi connectivity index (χ4n) is 3.01. The fraction of sp³-hybridized carbons (Fsp3) is 0.875. The highest BCUT2D eigenvalue weighted by molar-refractivity contribution is 7.60. The van der Waals surface area contributed by atoms with Crippen molar-refractivity contribution in [3.63, 3.8) is 0 Å². The summed E-state index contributed by atoms with van der Waals surface area (Å²) in [7, 11) is 4.44. The summed E-state index contributed by atoms with van der Waals surface area (Å²) >= 11 is 0. The van der Waals surface area contributed by atoms with Crippen LogP contribution in [0.2, 0.25) is 0 Å². The molecule has 9 heteroatoms. The fourth-order valence-corrected chi connectivity index (χ4v) is 5.76. The molecule has 0 aromatic heterocycles. The van der Waals surface area contributed by atoms with Crippen molar-refractivity contribution >= 4 is 19.3 Å². The van der Waals surface area contributed by atoms with Gasteiger partial charge in [-0.05, 0) is 20.9 Å². The van der Waals surface area contributed by atoms with E-state index in [9.17, 15) is 14.2 Å². The third kappa shape index (κ3) is 4.89. The van der Waals surface area contributed by atoms with Gasteiger partial charge >= 0.3 is 0 Å². The lowest BCUT2D eigenvalue weighted by molar-refractivity contribution is -0.869. The zero-order valence-electron chi connectivity index (χ0n) is 16.2. The van der Waals surface area contributed by atoms with Gasteiger partial charge in [0.1, 0.15) is 0 Å². The van der Waals surface area contributed by atoms with E-state index in [-0.39, 0.29) is 30.8 Å². The summed E-state index contributed by atoms with van der Waals surface area (Å²) in [5.74, 6) is -1.46. The van der Waals surface area contributed by atoms with Crippen LogP contribution in [-0.4, -0.2) is 91.6 Å². The van der Waals surface area contributed by atoms with Crippen molar-refractivity contribution in [3.05, 3.63) is 0 Å². The van der Waals surface area contributed by atoms with Crippen molar-refractivity contribution in [2.45, 2.75) is 38.6 Å². The van der Waals surface area contributed by atoms with Crippen LogP contribution in [0, 0.1) is 0 Å². The summed E-state index contributed by atoms with van der Waals surface area (Å²) < 4.78 is 28.6. The van der Waals surface area contributed by atoms with E-state index in [1.54, 1.807) is 25.6 Å². The van der Waals surface area contributed by atoms with Crippen LogP contribution in [0.15, 0.2) is 0 Å². The van der Waals surface area contributed by atoms with Crippen LogP contribution in [0.5, 0.6) is 0 Å². The largest absolute Gasteiger partial charge is 0.348 e. The van der Waals surface area contributed by atoms with Crippen molar-refractivity contribution in [1.29, 1.82) is 0 Å². The Hall–Kier alpha value is -0.790. The second kappa shape index (κ2) is 7.08. The topological polar surface area (TPSA) is 76.2 Å². The van der Waals surface area contributed by atoms with Crippen molar-refractivity contribution in [3.8, 4) is 0 Å². The minimum Gasteiger partial charge on any atom is -0.348 e. The van der Waals surface area contributed by atoms with E-state index in [1.807, 2.05) is 21.1 Å². The molecular weight excluding hydrogens is 345 g/mol. The monoisotopic (exact) mass is 376 g/mol. The Morgan fingerprint density at radius 1 is 1.24 bits per heavy atom. The Labute approximate surface area is 150 Å². The van der Waals surface area contributed by atoms with Gasteiger partial charge in [0.15, 0.2) is 5.79 Å². The van der Waals surface area contributed by atoms with Gasteiger partial charge in [-0.2, -0.15) is 0 Å². The van der Waals surface area contributed by atoms with Gasteiger partial charge in [-0.15, -0.1) is 0 Å². The van der Waals surface area contributed by atoms with Gasteiger partial charge in [0.2, 0.25) is 11.8 Å². The molecule has 0 N–H and O–H groups in total. The number of carbonyl (C=O) groups is 2. The van der Waals surface area contributed by atoms with Gasteiger partial charge in [-0.25, -0.2) is 9.34 Å². The number of nitrogens with zero attached hydrogens (tertiary/aromatic N) is 3. The average Bonchev–Trinajstić information content (AvgIpc) is 2.97. The van der Waals surface area contributed by atoms with Crippen LogP contribution in [0.1, 0.15) is 26.7 Å². The predicted octanol–water partition coefficient (Wildman–Crippen LogP) is 1.12. The molecule has 2 aliphatic heterocycles. The quantitative estimate of drug-likeness (QED) is 0.377. The van der Waals surface area contributed by atoms with Gasteiger partial charge in [-0.1, -0.05) is 0 Å². The molecule has 0 spiro atoms. The molecule has 2 fully saturated rings. The first-order chi connectivity index (χ1) is 11.3. The maximum atomic E-state index is 13.9. The summed E-state index contributed by atoms with van der Waals surface area (Å²) in [6.45, 7) is 5.14. The molecule has 2 saturated heterocycles. The molecule has 2 rings (SSSR count). The highest BCUT2D eigenvalue weighted by Crippen LogP contribution is 2.56. The third-order valence-corrected chi connectivity index (χ3v) is 7.70. The van der Waals surface area contributed by atoms with Crippen molar-refractivity contribution in [2.24, 2.45) is 0 Å². The lowest BCUT2D eigenvalue weighted by atomic mass is 10.4. The number of quaternary nitrogens is 1.